The van der Waals surface area contributed by atoms with Crippen LogP contribution in [-0.4, -0.2) is 9.55 Å². The molecule has 2 aromatic heterocycles. The summed E-state index contributed by atoms with van der Waals surface area (Å²) in [4.78, 5) is 5.68. The number of hydrogen-bond donors (Lipinski definition) is 1. The van der Waals surface area contributed by atoms with Gasteiger partial charge >= 0.3 is 0 Å². The van der Waals surface area contributed by atoms with Gasteiger partial charge in [-0.15, -0.1) is 11.3 Å². The van der Waals surface area contributed by atoms with Crippen molar-refractivity contribution in [1.82, 2.24) is 9.55 Å². The SMILES string of the molecule is CC(Cc1cccs1)n1c(N)nc2cc(Cl)c(Cl)cc21. The molecule has 0 saturated heterocycles. The van der Waals surface area contributed by atoms with E-state index in [9.17, 15) is 0 Å². The third kappa shape index (κ3) is 2.39. The highest BCUT2D eigenvalue weighted by molar-refractivity contribution is 7.09. The molecule has 3 nitrogen and oxygen atoms in total. The van der Waals surface area contributed by atoms with Gasteiger partial charge in [-0.1, -0.05) is 29.3 Å². The summed E-state index contributed by atoms with van der Waals surface area (Å²) < 4.78 is 2.01. The molecule has 0 saturated carbocycles. The second kappa shape index (κ2) is 5.28. The Morgan fingerprint density at radius 3 is 2.80 bits per heavy atom. The van der Waals surface area contributed by atoms with Gasteiger partial charge in [0.1, 0.15) is 0 Å². The van der Waals surface area contributed by atoms with Crippen molar-refractivity contribution < 1.29 is 0 Å². The number of thiophene rings is 1. The average molecular weight is 326 g/mol. The number of anilines is 1. The van der Waals surface area contributed by atoms with Gasteiger partial charge in [-0.05, 0) is 30.5 Å². The third-order valence-electron chi connectivity index (χ3n) is 3.28. The molecule has 1 atom stereocenters. The van der Waals surface area contributed by atoms with Crippen LogP contribution in [0.3, 0.4) is 0 Å². The smallest absolute Gasteiger partial charge is 0.201 e. The molecule has 0 amide bonds. The van der Waals surface area contributed by atoms with E-state index < -0.39 is 0 Å². The maximum atomic E-state index is 6.10. The van der Waals surface area contributed by atoms with E-state index in [0.717, 1.165) is 17.5 Å². The van der Waals surface area contributed by atoms with E-state index in [1.54, 1.807) is 17.4 Å². The van der Waals surface area contributed by atoms with Crippen LogP contribution in [0.5, 0.6) is 0 Å². The summed E-state index contributed by atoms with van der Waals surface area (Å²) in [6.45, 7) is 2.12. The number of rotatable bonds is 3. The molecule has 1 unspecified atom stereocenters. The van der Waals surface area contributed by atoms with E-state index in [4.69, 9.17) is 28.9 Å². The van der Waals surface area contributed by atoms with E-state index in [-0.39, 0.29) is 6.04 Å². The van der Waals surface area contributed by atoms with Gasteiger partial charge in [-0.2, -0.15) is 0 Å². The zero-order chi connectivity index (χ0) is 14.3. The maximum Gasteiger partial charge on any atom is 0.201 e. The van der Waals surface area contributed by atoms with Gasteiger partial charge < -0.3 is 10.3 Å². The molecule has 2 N–H and O–H groups in total. The Kier molecular flexibility index (Phi) is 3.63. The van der Waals surface area contributed by atoms with Crippen molar-refractivity contribution in [1.29, 1.82) is 0 Å². The minimum atomic E-state index is 0.205. The van der Waals surface area contributed by atoms with E-state index in [1.807, 2.05) is 10.6 Å². The van der Waals surface area contributed by atoms with E-state index in [1.165, 1.54) is 4.88 Å². The molecule has 0 aliphatic carbocycles. The molecule has 2 heterocycles. The number of benzene rings is 1. The van der Waals surface area contributed by atoms with Crippen molar-refractivity contribution >= 4 is 51.5 Å². The zero-order valence-electron chi connectivity index (χ0n) is 10.8. The van der Waals surface area contributed by atoms with Crippen LogP contribution in [-0.2, 0) is 6.42 Å². The van der Waals surface area contributed by atoms with Crippen LogP contribution in [0.25, 0.3) is 11.0 Å². The van der Waals surface area contributed by atoms with Crippen molar-refractivity contribution in [3.8, 4) is 0 Å². The van der Waals surface area contributed by atoms with Gasteiger partial charge in [0.25, 0.3) is 0 Å². The molecule has 0 fully saturated rings. The van der Waals surface area contributed by atoms with Crippen molar-refractivity contribution in [2.45, 2.75) is 19.4 Å². The molecule has 3 aromatic rings. The summed E-state index contributed by atoms with van der Waals surface area (Å²) in [7, 11) is 0. The van der Waals surface area contributed by atoms with Crippen LogP contribution >= 0.6 is 34.5 Å². The predicted octanol–water partition coefficient (Wildman–Crippen LogP) is 4.79. The van der Waals surface area contributed by atoms with E-state index in [2.05, 4.69) is 29.4 Å². The first-order valence-electron chi connectivity index (χ1n) is 6.21. The Morgan fingerprint density at radius 2 is 2.10 bits per heavy atom. The Hall–Kier alpha value is -1.23. The lowest BCUT2D eigenvalue weighted by molar-refractivity contribution is 0.571. The van der Waals surface area contributed by atoms with Crippen LogP contribution in [0.4, 0.5) is 5.95 Å². The number of nitrogens with two attached hydrogens (primary N) is 1. The molecule has 6 heteroatoms. The van der Waals surface area contributed by atoms with Gasteiger partial charge in [-0.3, -0.25) is 0 Å². The van der Waals surface area contributed by atoms with Crippen LogP contribution in [0.1, 0.15) is 17.8 Å². The number of imidazole rings is 1. The minimum absolute atomic E-state index is 0.205. The van der Waals surface area contributed by atoms with Crippen molar-refractivity contribution in [2.75, 3.05) is 5.73 Å². The summed E-state index contributed by atoms with van der Waals surface area (Å²) in [6, 6.07) is 7.96. The fourth-order valence-corrected chi connectivity index (χ4v) is 3.53. The second-order valence-electron chi connectivity index (χ2n) is 4.73. The molecule has 0 spiro atoms. The quantitative estimate of drug-likeness (QED) is 0.752. The monoisotopic (exact) mass is 325 g/mol. The first kappa shape index (κ1) is 13.7. The van der Waals surface area contributed by atoms with Crippen molar-refractivity contribution in [3.63, 3.8) is 0 Å². The van der Waals surface area contributed by atoms with Gasteiger partial charge in [0, 0.05) is 17.3 Å². The highest BCUT2D eigenvalue weighted by atomic mass is 35.5. The Morgan fingerprint density at radius 1 is 1.35 bits per heavy atom. The number of halogens is 2. The molecule has 0 radical (unpaired) electrons. The van der Waals surface area contributed by atoms with Crippen molar-refractivity contribution in [3.05, 3.63) is 44.6 Å². The topological polar surface area (TPSA) is 43.8 Å². The molecular weight excluding hydrogens is 313 g/mol. The molecule has 3 rings (SSSR count). The summed E-state index contributed by atoms with van der Waals surface area (Å²) in [5.74, 6) is 0.488. The number of aromatic nitrogens is 2. The first-order valence-corrected chi connectivity index (χ1v) is 7.84. The third-order valence-corrected chi connectivity index (χ3v) is 4.90. The van der Waals surface area contributed by atoms with Gasteiger partial charge in [0.15, 0.2) is 0 Å². The molecule has 0 aliphatic rings. The lowest BCUT2D eigenvalue weighted by Crippen LogP contribution is -2.10. The zero-order valence-corrected chi connectivity index (χ0v) is 13.1. The van der Waals surface area contributed by atoms with E-state index in [0.29, 0.717) is 16.0 Å². The Bertz CT molecular complexity index is 749. The lowest BCUT2D eigenvalue weighted by atomic mass is 10.2. The molecule has 20 heavy (non-hydrogen) atoms. The standard InChI is InChI=1S/C14H13Cl2N3S/c1-8(5-9-3-2-4-20-9)19-13-7-11(16)10(15)6-12(13)18-14(19)17/h2-4,6-8H,5H2,1H3,(H2,17,18). The number of fused-ring (bicyclic) bond motifs is 1. The average Bonchev–Trinajstić information content (AvgIpc) is 2.97. The summed E-state index contributed by atoms with van der Waals surface area (Å²) in [6.07, 6.45) is 0.910. The number of nitrogens with zero attached hydrogens (tertiary/aromatic N) is 2. The normalized spacial score (nSPS) is 12.9. The van der Waals surface area contributed by atoms with Gasteiger partial charge in [0.2, 0.25) is 5.95 Å². The number of hydrogen-bond acceptors (Lipinski definition) is 3. The Labute approximate surface area is 130 Å². The first-order chi connectivity index (χ1) is 9.56. The fourth-order valence-electron chi connectivity index (χ4n) is 2.38. The minimum Gasteiger partial charge on any atom is -0.369 e. The largest absolute Gasteiger partial charge is 0.369 e. The fraction of sp³-hybridized carbons (Fsp3) is 0.214. The summed E-state index contributed by atoms with van der Waals surface area (Å²) in [5.41, 5.74) is 7.74. The molecule has 104 valence electrons. The predicted molar refractivity (Wildman–Crippen MR) is 86.9 cm³/mol. The molecular formula is C14H13Cl2N3S. The van der Waals surface area contributed by atoms with E-state index >= 15 is 0 Å². The van der Waals surface area contributed by atoms with Crippen LogP contribution in [0, 0.1) is 0 Å². The summed E-state index contributed by atoms with van der Waals surface area (Å²) in [5, 5.41) is 3.09. The molecule has 0 bridgehead atoms. The van der Waals surface area contributed by atoms with Crippen LogP contribution in [0.2, 0.25) is 10.0 Å². The highest BCUT2D eigenvalue weighted by Crippen LogP contribution is 2.32. The van der Waals surface area contributed by atoms with Crippen LogP contribution < -0.4 is 5.73 Å². The molecule has 1 aromatic carbocycles. The lowest BCUT2D eigenvalue weighted by Gasteiger charge is -2.15. The van der Waals surface area contributed by atoms with Gasteiger partial charge in [0.05, 0.1) is 21.1 Å². The highest BCUT2D eigenvalue weighted by Gasteiger charge is 2.16. The maximum absolute atomic E-state index is 6.10. The van der Waals surface area contributed by atoms with Gasteiger partial charge in [-0.25, -0.2) is 4.98 Å². The second-order valence-corrected chi connectivity index (χ2v) is 6.57. The number of nitrogen functional groups attached to an aromatic ring is 1. The Balaban J connectivity index is 2.06. The van der Waals surface area contributed by atoms with Crippen molar-refractivity contribution in [2.24, 2.45) is 0 Å². The van der Waals surface area contributed by atoms with Crippen LogP contribution in [0.15, 0.2) is 29.6 Å². The molecule has 0 aliphatic heterocycles. The summed E-state index contributed by atoms with van der Waals surface area (Å²) >= 11 is 13.9.